The number of H-pyrrole nitrogens is 1. The summed E-state index contributed by atoms with van der Waals surface area (Å²) in [5, 5.41) is 0.559. The molecule has 0 aliphatic carbocycles. The second kappa shape index (κ2) is 4.90. The zero-order chi connectivity index (χ0) is 14.2. The van der Waals surface area contributed by atoms with Gasteiger partial charge in [-0.1, -0.05) is 11.6 Å². The smallest absolute Gasteiger partial charge is 0.209 e. The lowest BCUT2D eigenvalue weighted by Gasteiger charge is -2.01. The summed E-state index contributed by atoms with van der Waals surface area (Å²) in [7, 11) is 0. The van der Waals surface area contributed by atoms with Crippen LogP contribution in [0.2, 0.25) is 5.02 Å². The van der Waals surface area contributed by atoms with E-state index in [9.17, 15) is 9.59 Å². The number of aromatic nitrogens is 1. The number of Topliss-reactive ketones (excluding diaryl/α,β-unsaturated/α-hetero) is 1. The molecule has 0 spiro atoms. The lowest BCUT2D eigenvalue weighted by Crippen LogP contribution is -2.04. The normalized spacial score (nSPS) is 10.5. The Morgan fingerprint density at radius 1 is 1.21 bits per heavy atom. The number of nitrogens with two attached hydrogens (primary N) is 1. The van der Waals surface area contributed by atoms with E-state index in [1.807, 2.05) is 0 Å². The van der Waals surface area contributed by atoms with Crippen LogP contribution in [0.3, 0.4) is 0 Å². The maximum Gasteiger partial charge on any atom is 0.209 e. The van der Waals surface area contributed by atoms with E-state index in [2.05, 4.69) is 4.98 Å². The van der Waals surface area contributed by atoms with Crippen LogP contribution in [-0.4, -0.2) is 16.6 Å². The largest absolute Gasteiger partial charge is 0.385 e. The Bertz CT molecular complexity index is 657. The van der Waals surface area contributed by atoms with Crippen LogP contribution in [0.5, 0.6) is 0 Å². The van der Waals surface area contributed by atoms with Crippen molar-refractivity contribution in [2.24, 2.45) is 0 Å². The first-order valence-electron chi connectivity index (χ1n) is 5.71. The molecule has 4 nitrogen and oxygen atoms in total. The van der Waals surface area contributed by atoms with Crippen molar-refractivity contribution in [3.8, 4) is 0 Å². The Morgan fingerprint density at radius 3 is 2.26 bits per heavy atom. The zero-order valence-corrected chi connectivity index (χ0v) is 11.3. The van der Waals surface area contributed by atoms with Crippen LogP contribution in [0, 0.1) is 6.92 Å². The van der Waals surface area contributed by atoms with E-state index in [1.54, 1.807) is 31.2 Å². The summed E-state index contributed by atoms with van der Waals surface area (Å²) in [4.78, 5) is 26.6. The van der Waals surface area contributed by atoms with Gasteiger partial charge in [0.2, 0.25) is 5.78 Å². The maximum absolute atomic E-state index is 12.3. The Labute approximate surface area is 115 Å². The van der Waals surface area contributed by atoms with Gasteiger partial charge in [0.25, 0.3) is 0 Å². The zero-order valence-electron chi connectivity index (χ0n) is 10.6. The fraction of sp³-hybridized carbons (Fsp3) is 0.143. The van der Waals surface area contributed by atoms with E-state index in [0.29, 0.717) is 27.4 Å². The van der Waals surface area contributed by atoms with Gasteiger partial charge in [0, 0.05) is 10.6 Å². The maximum atomic E-state index is 12.3. The van der Waals surface area contributed by atoms with Gasteiger partial charge >= 0.3 is 0 Å². The molecule has 3 N–H and O–H groups in total. The van der Waals surface area contributed by atoms with Crippen molar-refractivity contribution in [1.29, 1.82) is 0 Å². The van der Waals surface area contributed by atoms with Gasteiger partial charge in [0.1, 0.15) is 5.82 Å². The van der Waals surface area contributed by atoms with Crippen LogP contribution in [0.15, 0.2) is 24.3 Å². The van der Waals surface area contributed by atoms with E-state index < -0.39 is 0 Å². The van der Waals surface area contributed by atoms with Crippen LogP contribution in [0.4, 0.5) is 5.82 Å². The number of benzene rings is 1. The molecule has 2 aromatic rings. The topological polar surface area (TPSA) is 76.0 Å². The average molecular weight is 277 g/mol. The molecule has 0 aliphatic rings. The lowest BCUT2D eigenvalue weighted by molar-refractivity contribution is 0.101. The molecule has 1 aromatic heterocycles. The first-order chi connectivity index (χ1) is 8.91. The number of hydrogen-bond donors (Lipinski definition) is 2. The van der Waals surface area contributed by atoms with Crippen molar-refractivity contribution in [1.82, 2.24) is 4.98 Å². The molecule has 0 radical (unpaired) electrons. The van der Waals surface area contributed by atoms with Gasteiger partial charge in [-0.3, -0.25) is 9.59 Å². The molecule has 0 atom stereocenters. The summed E-state index contributed by atoms with van der Waals surface area (Å²) in [5.41, 5.74) is 7.51. The Kier molecular flexibility index (Phi) is 3.44. The van der Waals surface area contributed by atoms with Crippen molar-refractivity contribution in [2.45, 2.75) is 13.8 Å². The minimum Gasteiger partial charge on any atom is -0.385 e. The Balaban J connectivity index is 2.48. The Hall–Kier alpha value is -2.07. The summed E-state index contributed by atoms with van der Waals surface area (Å²) < 4.78 is 0. The van der Waals surface area contributed by atoms with Gasteiger partial charge in [0.05, 0.1) is 11.3 Å². The lowest BCUT2D eigenvalue weighted by atomic mass is 10.0. The number of anilines is 1. The first kappa shape index (κ1) is 13.4. The first-order valence-corrected chi connectivity index (χ1v) is 6.09. The number of carbonyl (C=O) groups excluding carboxylic acids is 2. The minimum atomic E-state index is -0.214. The molecule has 0 saturated heterocycles. The minimum absolute atomic E-state index is 0.165. The summed E-state index contributed by atoms with van der Waals surface area (Å²) in [5.74, 6) is -0.155. The molecule has 98 valence electrons. The van der Waals surface area contributed by atoms with E-state index >= 15 is 0 Å². The number of nitrogen functional groups attached to an aromatic ring is 1. The quantitative estimate of drug-likeness (QED) is 0.846. The van der Waals surface area contributed by atoms with Gasteiger partial charge in [0.15, 0.2) is 5.78 Å². The van der Waals surface area contributed by atoms with E-state index in [1.165, 1.54) is 6.92 Å². The number of hydrogen-bond acceptors (Lipinski definition) is 3. The Morgan fingerprint density at radius 2 is 1.79 bits per heavy atom. The SMILES string of the molecule is CC(=O)c1c(N)[nH]c(C(=O)c2ccc(Cl)cc2)c1C. The number of halogens is 1. The molecular weight excluding hydrogens is 264 g/mol. The molecule has 19 heavy (non-hydrogen) atoms. The molecule has 0 bridgehead atoms. The van der Waals surface area contributed by atoms with Gasteiger partial charge < -0.3 is 10.7 Å². The van der Waals surface area contributed by atoms with E-state index in [-0.39, 0.29) is 17.4 Å². The van der Waals surface area contributed by atoms with Crippen molar-refractivity contribution in [3.63, 3.8) is 0 Å². The third-order valence-electron chi connectivity index (χ3n) is 2.96. The summed E-state index contributed by atoms with van der Waals surface area (Å²) in [6.07, 6.45) is 0. The third kappa shape index (κ3) is 2.39. The van der Waals surface area contributed by atoms with Gasteiger partial charge in [-0.25, -0.2) is 0 Å². The molecule has 0 aliphatic heterocycles. The second-order valence-corrected chi connectivity index (χ2v) is 4.74. The van der Waals surface area contributed by atoms with Crippen LogP contribution in [0.25, 0.3) is 0 Å². The van der Waals surface area contributed by atoms with Crippen molar-refractivity contribution < 1.29 is 9.59 Å². The van der Waals surface area contributed by atoms with Crippen molar-refractivity contribution in [2.75, 3.05) is 5.73 Å². The number of nitrogens with one attached hydrogen (secondary N) is 1. The molecule has 1 heterocycles. The molecule has 5 heteroatoms. The van der Waals surface area contributed by atoms with E-state index in [0.717, 1.165) is 0 Å². The predicted molar refractivity (Wildman–Crippen MR) is 74.8 cm³/mol. The van der Waals surface area contributed by atoms with Gasteiger partial charge in [-0.15, -0.1) is 0 Å². The van der Waals surface area contributed by atoms with Crippen LogP contribution in [-0.2, 0) is 0 Å². The summed E-state index contributed by atoms with van der Waals surface area (Å²) >= 11 is 5.78. The number of aromatic amines is 1. The molecule has 1 aromatic carbocycles. The number of carbonyl (C=O) groups is 2. The standard InChI is InChI=1S/C14H13ClN2O2/c1-7-11(8(2)18)14(16)17-12(7)13(19)9-3-5-10(15)6-4-9/h3-6,17H,16H2,1-2H3. The van der Waals surface area contributed by atoms with Gasteiger partial charge in [-0.05, 0) is 43.7 Å². The molecule has 0 amide bonds. The highest BCUT2D eigenvalue weighted by atomic mass is 35.5. The fourth-order valence-corrected chi connectivity index (χ4v) is 2.17. The number of rotatable bonds is 3. The van der Waals surface area contributed by atoms with Gasteiger partial charge in [-0.2, -0.15) is 0 Å². The van der Waals surface area contributed by atoms with Crippen molar-refractivity contribution >= 4 is 29.0 Å². The third-order valence-corrected chi connectivity index (χ3v) is 3.22. The van der Waals surface area contributed by atoms with Crippen molar-refractivity contribution in [3.05, 3.63) is 51.7 Å². The molecule has 2 rings (SSSR count). The van der Waals surface area contributed by atoms with E-state index in [4.69, 9.17) is 17.3 Å². The second-order valence-electron chi connectivity index (χ2n) is 4.31. The van der Waals surface area contributed by atoms with Crippen LogP contribution < -0.4 is 5.73 Å². The summed E-state index contributed by atoms with van der Waals surface area (Å²) in [6.45, 7) is 3.12. The average Bonchev–Trinajstić information content (AvgIpc) is 2.65. The summed E-state index contributed by atoms with van der Waals surface area (Å²) in [6, 6.07) is 6.55. The molecule has 0 fully saturated rings. The highest BCUT2D eigenvalue weighted by Gasteiger charge is 2.21. The fourth-order valence-electron chi connectivity index (χ4n) is 2.04. The van der Waals surface area contributed by atoms with Crippen LogP contribution in [0.1, 0.15) is 38.9 Å². The van der Waals surface area contributed by atoms with Crippen LogP contribution >= 0.6 is 11.6 Å². The molecule has 0 unspecified atom stereocenters. The predicted octanol–water partition coefficient (Wildman–Crippen LogP) is 2.99. The highest BCUT2D eigenvalue weighted by Crippen LogP contribution is 2.23. The highest BCUT2D eigenvalue weighted by molar-refractivity contribution is 6.30. The molecular formula is C14H13ClN2O2. The molecule has 0 saturated carbocycles. The number of ketones is 2. The monoisotopic (exact) mass is 276 g/mol.